The van der Waals surface area contributed by atoms with Crippen molar-refractivity contribution in [3.05, 3.63) is 53.7 Å². The maximum atomic E-state index is 13.1. The zero-order valence-electron chi connectivity index (χ0n) is 16.6. The van der Waals surface area contributed by atoms with Crippen molar-refractivity contribution in [3.8, 4) is 0 Å². The van der Waals surface area contributed by atoms with Crippen molar-refractivity contribution in [3.63, 3.8) is 0 Å². The van der Waals surface area contributed by atoms with E-state index in [2.05, 4.69) is 31.1 Å². The summed E-state index contributed by atoms with van der Waals surface area (Å²) in [6, 6.07) is 10.8. The van der Waals surface area contributed by atoms with Gasteiger partial charge in [-0.15, -0.1) is 11.8 Å². The van der Waals surface area contributed by atoms with Crippen LogP contribution in [0.2, 0.25) is 0 Å². The van der Waals surface area contributed by atoms with Gasteiger partial charge >= 0.3 is 0 Å². The number of nitrogens with zero attached hydrogens (tertiary/aromatic N) is 2. The summed E-state index contributed by atoms with van der Waals surface area (Å²) >= 11 is 1.63. The molecule has 1 aromatic heterocycles. The second kappa shape index (κ2) is 9.24. The van der Waals surface area contributed by atoms with Crippen LogP contribution in [-0.2, 0) is 0 Å². The van der Waals surface area contributed by atoms with Gasteiger partial charge in [-0.2, -0.15) is 0 Å². The number of hydrogen-bond donors (Lipinski definition) is 1. The summed E-state index contributed by atoms with van der Waals surface area (Å²) in [5, 5.41) is 3.78. The first-order valence-electron chi connectivity index (χ1n) is 9.76. The number of benzene rings is 1. The number of carbonyl (C=O) groups is 2. The zero-order valence-corrected chi connectivity index (χ0v) is 17.5. The highest BCUT2D eigenvalue weighted by Gasteiger charge is 2.27. The molecule has 3 rings (SSSR count). The van der Waals surface area contributed by atoms with Gasteiger partial charge in [-0.05, 0) is 48.3 Å². The SMILES string of the molecule is CCSc1ccc(C(=O)Nc2ccccc2C(=O)N2CC(C)CC(C)C2)cn1. The van der Waals surface area contributed by atoms with Gasteiger partial charge in [-0.1, -0.05) is 32.9 Å². The molecule has 2 unspecified atom stereocenters. The van der Waals surface area contributed by atoms with Gasteiger partial charge in [0.25, 0.3) is 11.8 Å². The first kappa shape index (κ1) is 20.4. The van der Waals surface area contributed by atoms with E-state index in [-0.39, 0.29) is 11.8 Å². The van der Waals surface area contributed by atoms with Gasteiger partial charge in [0.1, 0.15) is 0 Å². The Morgan fingerprint density at radius 1 is 1.14 bits per heavy atom. The molecule has 0 bridgehead atoms. The minimum absolute atomic E-state index is 0.0258. The van der Waals surface area contributed by atoms with E-state index in [0.29, 0.717) is 28.7 Å². The molecule has 1 N–H and O–H groups in total. The Hall–Kier alpha value is -2.34. The van der Waals surface area contributed by atoms with E-state index in [1.165, 1.54) is 0 Å². The van der Waals surface area contributed by atoms with Crippen LogP contribution in [0.4, 0.5) is 5.69 Å². The molecule has 2 atom stereocenters. The third-order valence-corrected chi connectivity index (χ3v) is 5.68. The van der Waals surface area contributed by atoms with Crippen molar-refractivity contribution < 1.29 is 9.59 Å². The van der Waals surface area contributed by atoms with E-state index in [4.69, 9.17) is 0 Å². The summed E-state index contributed by atoms with van der Waals surface area (Å²) in [4.78, 5) is 32.0. The highest BCUT2D eigenvalue weighted by Crippen LogP contribution is 2.25. The number of hydrogen-bond acceptors (Lipinski definition) is 4. The molecular weight excluding hydrogens is 370 g/mol. The second-order valence-corrected chi connectivity index (χ2v) is 8.76. The van der Waals surface area contributed by atoms with Crippen LogP contribution in [0.25, 0.3) is 0 Å². The number of carbonyl (C=O) groups excluding carboxylic acids is 2. The number of anilines is 1. The molecular formula is C22H27N3O2S. The molecule has 2 amide bonds. The van der Waals surface area contributed by atoms with Crippen molar-refractivity contribution in [1.29, 1.82) is 0 Å². The van der Waals surface area contributed by atoms with E-state index in [1.54, 1.807) is 36.2 Å². The molecule has 1 aliphatic rings. The van der Waals surface area contributed by atoms with Crippen molar-refractivity contribution in [2.45, 2.75) is 32.2 Å². The lowest BCUT2D eigenvalue weighted by molar-refractivity contribution is 0.0624. The minimum Gasteiger partial charge on any atom is -0.338 e. The Balaban J connectivity index is 1.76. The fourth-order valence-electron chi connectivity index (χ4n) is 3.72. The van der Waals surface area contributed by atoms with E-state index in [9.17, 15) is 9.59 Å². The molecule has 6 heteroatoms. The van der Waals surface area contributed by atoms with E-state index < -0.39 is 0 Å². The fraction of sp³-hybridized carbons (Fsp3) is 0.409. The Kier molecular flexibility index (Phi) is 6.73. The number of pyridine rings is 1. The number of aromatic nitrogens is 1. The molecule has 0 aliphatic carbocycles. The van der Waals surface area contributed by atoms with Gasteiger partial charge < -0.3 is 10.2 Å². The Bertz CT molecular complexity index is 828. The van der Waals surface area contributed by atoms with Crippen molar-refractivity contribution >= 4 is 29.3 Å². The molecule has 148 valence electrons. The maximum absolute atomic E-state index is 13.1. The lowest BCUT2D eigenvalue weighted by atomic mass is 9.91. The second-order valence-electron chi connectivity index (χ2n) is 7.47. The Morgan fingerprint density at radius 3 is 2.50 bits per heavy atom. The molecule has 5 nitrogen and oxygen atoms in total. The van der Waals surface area contributed by atoms with Crippen molar-refractivity contribution in [1.82, 2.24) is 9.88 Å². The summed E-state index contributed by atoms with van der Waals surface area (Å²) in [6.07, 6.45) is 2.72. The van der Waals surface area contributed by atoms with E-state index in [0.717, 1.165) is 30.3 Å². The highest BCUT2D eigenvalue weighted by molar-refractivity contribution is 7.99. The third kappa shape index (κ3) is 4.93. The number of thioether (sulfide) groups is 1. The average molecular weight is 398 g/mol. The summed E-state index contributed by atoms with van der Waals surface area (Å²) in [7, 11) is 0. The monoisotopic (exact) mass is 397 g/mol. The largest absolute Gasteiger partial charge is 0.338 e. The molecule has 1 saturated heterocycles. The van der Waals surface area contributed by atoms with Gasteiger partial charge in [0.2, 0.25) is 0 Å². The Morgan fingerprint density at radius 2 is 1.86 bits per heavy atom. The first-order valence-corrected chi connectivity index (χ1v) is 10.7. The van der Waals surface area contributed by atoms with Gasteiger partial charge in [-0.3, -0.25) is 9.59 Å². The van der Waals surface area contributed by atoms with Crippen LogP contribution >= 0.6 is 11.8 Å². The van der Waals surface area contributed by atoms with Gasteiger partial charge in [-0.25, -0.2) is 4.98 Å². The average Bonchev–Trinajstić information content (AvgIpc) is 2.68. The lowest BCUT2D eigenvalue weighted by Gasteiger charge is -2.35. The van der Waals surface area contributed by atoms with Crippen molar-refractivity contribution in [2.75, 3.05) is 24.2 Å². The van der Waals surface area contributed by atoms with E-state index in [1.807, 2.05) is 23.1 Å². The summed E-state index contributed by atoms with van der Waals surface area (Å²) in [5.41, 5.74) is 1.54. The summed E-state index contributed by atoms with van der Waals surface area (Å²) in [5.74, 6) is 1.62. The lowest BCUT2D eigenvalue weighted by Crippen LogP contribution is -2.42. The number of likely N-dealkylation sites (tertiary alicyclic amines) is 1. The quantitative estimate of drug-likeness (QED) is 0.751. The minimum atomic E-state index is -0.263. The normalized spacial score (nSPS) is 19.3. The number of amides is 2. The molecule has 1 aromatic carbocycles. The predicted molar refractivity (Wildman–Crippen MR) is 114 cm³/mol. The molecule has 2 heterocycles. The van der Waals surface area contributed by atoms with E-state index >= 15 is 0 Å². The van der Waals surface area contributed by atoms with Crippen LogP contribution in [-0.4, -0.2) is 40.5 Å². The molecule has 2 aromatic rings. The van der Waals surface area contributed by atoms with Crippen LogP contribution in [0.3, 0.4) is 0 Å². The maximum Gasteiger partial charge on any atom is 0.257 e. The predicted octanol–water partition coefficient (Wildman–Crippen LogP) is 4.56. The van der Waals surface area contributed by atoms with Gasteiger partial charge in [0.05, 0.1) is 21.8 Å². The molecule has 0 spiro atoms. The van der Waals surface area contributed by atoms with Crippen molar-refractivity contribution in [2.24, 2.45) is 11.8 Å². The zero-order chi connectivity index (χ0) is 20.1. The number of rotatable bonds is 5. The van der Waals surface area contributed by atoms with Crippen LogP contribution < -0.4 is 5.32 Å². The van der Waals surface area contributed by atoms with Crippen LogP contribution in [0.5, 0.6) is 0 Å². The van der Waals surface area contributed by atoms with Gasteiger partial charge in [0, 0.05) is 19.3 Å². The smallest absolute Gasteiger partial charge is 0.257 e. The molecule has 1 aliphatic heterocycles. The molecule has 28 heavy (non-hydrogen) atoms. The fourth-order valence-corrected chi connectivity index (χ4v) is 4.31. The van der Waals surface area contributed by atoms with Gasteiger partial charge in [0.15, 0.2) is 0 Å². The first-order chi connectivity index (χ1) is 13.5. The number of para-hydroxylation sites is 1. The van der Waals surface area contributed by atoms with Crippen LogP contribution in [0.15, 0.2) is 47.6 Å². The third-order valence-electron chi connectivity index (χ3n) is 4.85. The van der Waals surface area contributed by atoms with Crippen LogP contribution in [0, 0.1) is 11.8 Å². The van der Waals surface area contributed by atoms with Crippen LogP contribution in [0.1, 0.15) is 47.9 Å². The Labute approximate surface area is 170 Å². The molecule has 0 saturated carbocycles. The molecule has 0 radical (unpaired) electrons. The molecule has 1 fully saturated rings. The number of piperidine rings is 1. The summed E-state index contributed by atoms with van der Waals surface area (Å²) in [6.45, 7) is 7.93. The summed E-state index contributed by atoms with van der Waals surface area (Å²) < 4.78 is 0. The highest BCUT2D eigenvalue weighted by atomic mass is 32.2. The topological polar surface area (TPSA) is 62.3 Å². The standard InChI is InChI=1S/C22H27N3O2S/c1-4-28-20-10-9-17(12-23-20)21(26)24-19-8-6-5-7-18(19)22(27)25-13-15(2)11-16(3)14-25/h5-10,12,15-16H,4,11,13-14H2,1-3H3,(H,24,26). The number of nitrogens with one attached hydrogen (secondary N) is 1.